The number of aliphatic hydroxyl groups is 1. The molecular weight excluding hydrogens is 200 g/mol. The number of aromatic carboxylic acids is 1. The molecule has 0 heterocycles. The third-order valence-electron chi connectivity index (χ3n) is 1.94. The first-order chi connectivity index (χ1) is 6.91. The fourth-order valence-corrected chi connectivity index (χ4v) is 1.28. The summed E-state index contributed by atoms with van der Waals surface area (Å²) in [7, 11) is 0. The Labute approximate surface area is 86.2 Å². The van der Waals surface area contributed by atoms with E-state index in [2.05, 4.69) is 0 Å². The number of aromatic hydroxyl groups is 2. The van der Waals surface area contributed by atoms with Gasteiger partial charge in [0.1, 0.15) is 17.1 Å². The van der Waals surface area contributed by atoms with Gasteiger partial charge in [-0.1, -0.05) is 0 Å². The topological polar surface area (TPSA) is 98.0 Å². The first-order valence-electron chi connectivity index (χ1n) is 4.38. The lowest BCUT2D eigenvalue weighted by Gasteiger charge is -2.09. The first kappa shape index (κ1) is 11.3. The van der Waals surface area contributed by atoms with Gasteiger partial charge in [-0.25, -0.2) is 4.79 Å². The van der Waals surface area contributed by atoms with Gasteiger partial charge in [0, 0.05) is 12.5 Å². The van der Waals surface area contributed by atoms with Crippen molar-refractivity contribution in [1.29, 1.82) is 0 Å². The Bertz CT molecular complexity index is 384. The van der Waals surface area contributed by atoms with E-state index in [1.807, 2.05) is 0 Å². The number of phenolic OH excluding ortho intramolecular Hbond substituents is 1. The average Bonchev–Trinajstić information content (AvgIpc) is 2.08. The minimum atomic E-state index is -1.28. The van der Waals surface area contributed by atoms with Crippen molar-refractivity contribution >= 4 is 5.97 Å². The second kappa shape index (κ2) is 4.18. The summed E-state index contributed by atoms with van der Waals surface area (Å²) < 4.78 is 0. The number of hydrogen-bond acceptors (Lipinski definition) is 4. The molecule has 0 aliphatic rings. The predicted molar refractivity (Wildman–Crippen MR) is 52.1 cm³/mol. The molecule has 0 saturated carbocycles. The number of benzene rings is 1. The zero-order valence-electron chi connectivity index (χ0n) is 8.14. The minimum Gasteiger partial charge on any atom is -0.508 e. The number of phenols is 2. The number of carbonyl (C=O) groups is 1. The van der Waals surface area contributed by atoms with Gasteiger partial charge in [0.2, 0.25) is 0 Å². The molecule has 0 spiro atoms. The van der Waals surface area contributed by atoms with E-state index < -0.39 is 17.8 Å². The Morgan fingerprint density at radius 2 is 1.93 bits per heavy atom. The van der Waals surface area contributed by atoms with Crippen LogP contribution in [0.2, 0.25) is 0 Å². The first-order valence-corrected chi connectivity index (χ1v) is 4.38. The fraction of sp³-hybridized carbons (Fsp3) is 0.300. The Kier molecular flexibility index (Phi) is 3.16. The Balaban J connectivity index is 3.17. The van der Waals surface area contributed by atoms with E-state index in [4.69, 9.17) is 10.2 Å². The van der Waals surface area contributed by atoms with Crippen LogP contribution >= 0.6 is 0 Å². The number of hydrogen-bond donors (Lipinski definition) is 4. The highest BCUT2D eigenvalue weighted by Gasteiger charge is 2.14. The number of rotatable bonds is 3. The van der Waals surface area contributed by atoms with E-state index in [0.29, 0.717) is 5.56 Å². The van der Waals surface area contributed by atoms with Gasteiger partial charge in [-0.15, -0.1) is 0 Å². The van der Waals surface area contributed by atoms with Crippen LogP contribution in [0.25, 0.3) is 0 Å². The summed E-state index contributed by atoms with van der Waals surface area (Å²) in [6, 6.07) is 2.11. The van der Waals surface area contributed by atoms with Gasteiger partial charge >= 0.3 is 5.97 Å². The SMILES string of the molecule is CC(O)Cc1cc(C(=O)O)c(O)cc1O. The molecule has 0 aromatic heterocycles. The Morgan fingerprint density at radius 1 is 1.33 bits per heavy atom. The van der Waals surface area contributed by atoms with Crippen LogP contribution in [0.4, 0.5) is 0 Å². The monoisotopic (exact) mass is 212 g/mol. The molecule has 0 radical (unpaired) electrons. The molecule has 82 valence electrons. The minimum absolute atomic E-state index is 0.131. The summed E-state index contributed by atoms with van der Waals surface area (Å²) in [5.74, 6) is -1.99. The van der Waals surface area contributed by atoms with Crippen LogP contribution in [-0.4, -0.2) is 32.5 Å². The molecule has 0 saturated heterocycles. The molecule has 5 heteroatoms. The zero-order chi connectivity index (χ0) is 11.6. The van der Waals surface area contributed by atoms with Crippen LogP contribution in [-0.2, 0) is 6.42 Å². The third kappa shape index (κ3) is 2.60. The van der Waals surface area contributed by atoms with Crippen molar-refractivity contribution in [3.8, 4) is 11.5 Å². The van der Waals surface area contributed by atoms with E-state index in [9.17, 15) is 15.0 Å². The van der Waals surface area contributed by atoms with Crippen molar-refractivity contribution in [3.63, 3.8) is 0 Å². The highest BCUT2D eigenvalue weighted by atomic mass is 16.4. The van der Waals surface area contributed by atoms with Gasteiger partial charge in [-0.05, 0) is 18.6 Å². The predicted octanol–water partition coefficient (Wildman–Crippen LogP) is 0.719. The molecule has 5 nitrogen and oxygen atoms in total. The van der Waals surface area contributed by atoms with E-state index in [1.54, 1.807) is 0 Å². The summed E-state index contributed by atoms with van der Waals surface area (Å²) in [6.07, 6.45) is -0.561. The number of carboxylic acid groups (broad SMARTS) is 1. The maximum Gasteiger partial charge on any atom is 0.339 e. The van der Waals surface area contributed by atoms with Gasteiger partial charge in [0.05, 0.1) is 6.10 Å². The smallest absolute Gasteiger partial charge is 0.339 e. The lowest BCUT2D eigenvalue weighted by atomic mass is 10.0. The standard InChI is InChI=1S/C10H12O5/c1-5(11)2-6-3-7(10(14)15)9(13)4-8(6)12/h3-5,11-13H,2H2,1H3,(H,14,15). The van der Waals surface area contributed by atoms with E-state index in [-0.39, 0.29) is 17.7 Å². The zero-order valence-corrected chi connectivity index (χ0v) is 8.14. The summed E-state index contributed by atoms with van der Waals surface area (Å²) in [5, 5.41) is 36.4. The van der Waals surface area contributed by atoms with Crippen molar-refractivity contribution in [2.75, 3.05) is 0 Å². The highest BCUT2D eigenvalue weighted by Crippen LogP contribution is 2.28. The normalized spacial score (nSPS) is 12.4. The maximum atomic E-state index is 10.7. The second-order valence-electron chi connectivity index (χ2n) is 3.36. The summed E-state index contributed by atoms with van der Waals surface area (Å²) in [4.78, 5) is 10.7. The molecule has 1 atom stereocenters. The molecule has 15 heavy (non-hydrogen) atoms. The van der Waals surface area contributed by atoms with Gasteiger partial charge in [0.15, 0.2) is 0 Å². The molecule has 0 bridgehead atoms. The quantitative estimate of drug-likeness (QED) is 0.591. The van der Waals surface area contributed by atoms with Crippen molar-refractivity contribution in [2.24, 2.45) is 0 Å². The largest absolute Gasteiger partial charge is 0.508 e. The molecule has 1 aromatic carbocycles. The molecule has 1 unspecified atom stereocenters. The Morgan fingerprint density at radius 3 is 2.40 bits per heavy atom. The van der Waals surface area contributed by atoms with Crippen LogP contribution in [0.1, 0.15) is 22.8 Å². The molecular formula is C10H12O5. The Hall–Kier alpha value is -1.75. The van der Waals surface area contributed by atoms with Crippen LogP contribution < -0.4 is 0 Å². The van der Waals surface area contributed by atoms with Crippen molar-refractivity contribution in [3.05, 3.63) is 23.3 Å². The van der Waals surface area contributed by atoms with Crippen LogP contribution in [0.15, 0.2) is 12.1 Å². The maximum absolute atomic E-state index is 10.7. The van der Waals surface area contributed by atoms with Crippen molar-refractivity contribution in [2.45, 2.75) is 19.4 Å². The molecule has 0 fully saturated rings. The van der Waals surface area contributed by atoms with Crippen LogP contribution in [0.3, 0.4) is 0 Å². The lowest BCUT2D eigenvalue weighted by molar-refractivity contribution is 0.0693. The van der Waals surface area contributed by atoms with Gasteiger partial charge in [0.25, 0.3) is 0 Å². The summed E-state index contributed by atoms with van der Waals surface area (Å²) in [6.45, 7) is 1.52. The lowest BCUT2D eigenvalue weighted by Crippen LogP contribution is -2.06. The van der Waals surface area contributed by atoms with Crippen LogP contribution in [0.5, 0.6) is 11.5 Å². The summed E-state index contributed by atoms with van der Waals surface area (Å²) in [5.41, 5.74) is 0.00338. The van der Waals surface area contributed by atoms with Gasteiger partial charge < -0.3 is 20.4 Å². The molecule has 0 aliphatic carbocycles. The second-order valence-corrected chi connectivity index (χ2v) is 3.36. The van der Waals surface area contributed by atoms with Crippen LogP contribution in [0, 0.1) is 0 Å². The van der Waals surface area contributed by atoms with Crippen molar-refractivity contribution in [1.82, 2.24) is 0 Å². The molecule has 1 rings (SSSR count). The number of aliphatic hydroxyl groups excluding tert-OH is 1. The third-order valence-corrected chi connectivity index (χ3v) is 1.94. The van der Waals surface area contributed by atoms with Gasteiger partial charge in [-0.3, -0.25) is 0 Å². The molecule has 0 amide bonds. The fourth-order valence-electron chi connectivity index (χ4n) is 1.28. The van der Waals surface area contributed by atoms with Crippen molar-refractivity contribution < 1.29 is 25.2 Å². The van der Waals surface area contributed by atoms with E-state index >= 15 is 0 Å². The molecule has 4 N–H and O–H groups in total. The molecule has 1 aromatic rings. The average molecular weight is 212 g/mol. The number of carboxylic acids is 1. The molecule has 0 aliphatic heterocycles. The highest BCUT2D eigenvalue weighted by molar-refractivity contribution is 5.91. The van der Waals surface area contributed by atoms with Gasteiger partial charge in [-0.2, -0.15) is 0 Å². The van der Waals surface area contributed by atoms with E-state index in [1.165, 1.54) is 6.92 Å². The van der Waals surface area contributed by atoms with E-state index in [0.717, 1.165) is 12.1 Å². The summed E-state index contributed by atoms with van der Waals surface area (Å²) >= 11 is 0.